The van der Waals surface area contributed by atoms with E-state index in [2.05, 4.69) is 72.9 Å². The Morgan fingerprint density at radius 3 is 2.55 bits per heavy atom. The van der Waals surface area contributed by atoms with E-state index in [-0.39, 0.29) is 0 Å². The predicted octanol–water partition coefficient (Wildman–Crippen LogP) is 8.76. The molecule has 5 rings (SSSR count). The first-order chi connectivity index (χ1) is 19.5. The van der Waals surface area contributed by atoms with Crippen LogP contribution in [-0.4, -0.2) is 40.2 Å². The van der Waals surface area contributed by atoms with Crippen LogP contribution in [0.5, 0.6) is 0 Å². The molecule has 1 N–H and O–H groups in total. The van der Waals surface area contributed by atoms with Crippen LogP contribution in [0.4, 0.5) is 0 Å². The van der Waals surface area contributed by atoms with E-state index in [1.807, 2.05) is 6.07 Å². The van der Waals surface area contributed by atoms with E-state index in [9.17, 15) is 9.90 Å². The Hall–Kier alpha value is -3.11. The zero-order valence-electron chi connectivity index (χ0n) is 24.7. The average Bonchev–Trinajstić information content (AvgIpc) is 3.61. The van der Waals surface area contributed by atoms with Crippen molar-refractivity contribution >= 4 is 28.0 Å². The number of aryl methyl sites for hydroxylation is 3. The molecule has 212 valence electrons. The van der Waals surface area contributed by atoms with Crippen molar-refractivity contribution in [2.75, 3.05) is 19.6 Å². The third-order valence-corrected chi connectivity index (χ3v) is 9.10. The monoisotopic (exact) mass is 538 g/mol. The van der Waals surface area contributed by atoms with Gasteiger partial charge in [-0.2, -0.15) is 0 Å². The highest BCUT2D eigenvalue weighted by Gasteiger charge is 2.24. The highest BCUT2D eigenvalue weighted by atomic mass is 16.4. The topological polar surface area (TPSA) is 45.5 Å². The van der Waals surface area contributed by atoms with Crippen molar-refractivity contribution in [3.63, 3.8) is 0 Å². The molecule has 0 amide bonds. The second kappa shape index (κ2) is 13.0. The molecule has 1 unspecified atom stereocenters. The summed E-state index contributed by atoms with van der Waals surface area (Å²) in [6.45, 7) is 11.4. The van der Waals surface area contributed by atoms with Gasteiger partial charge in [0.05, 0.1) is 11.1 Å². The van der Waals surface area contributed by atoms with Crippen molar-refractivity contribution in [3.05, 3.63) is 82.6 Å². The number of carboxylic acids is 1. The lowest BCUT2D eigenvalue weighted by Gasteiger charge is -2.26. The summed E-state index contributed by atoms with van der Waals surface area (Å²) in [6, 6.07) is 12.6. The fraction of sp³-hybridized carbons (Fsp3) is 0.472. The molecule has 2 aromatic carbocycles. The number of aromatic carboxylic acids is 1. The number of fused-ring (bicyclic) bond motifs is 1. The minimum atomic E-state index is -0.867. The SMILES string of the molecule is CCCCn1cc(CCCN2CCCC2)c2cccc(/C(C)=C(/c3ccc(C(=O)O)cc3C)C3CC=CCC3)c21. The number of allylic oxidation sites excluding steroid dienone is 4. The van der Waals surface area contributed by atoms with Gasteiger partial charge in [0.1, 0.15) is 0 Å². The minimum absolute atomic E-state index is 0.357. The van der Waals surface area contributed by atoms with E-state index < -0.39 is 5.97 Å². The third kappa shape index (κ3) is 6.12. The van der Waals surface area contributed by atoms with Gasteiger partial charge in [-0.15, -0.1) is 0 Å². The van der Waals surface area contributed by atoms with Gasteiger partial charge < -0.3 is 14.6 Å². The summed E-state index contributed by atoms with van der Waals surface area (Å²) in [5.74, 6) is -0.443. The van der Waals surface area contributed by atoms with Gasteiger partial charge in [-0.25, -0.2) is 4.79 Å². The van der Waals surface area contributed by atoms with Crippen LogP contribution in [0.1, 0.15) is 97.8 Å². The van der Waals surface area contributed by atoms with Gasteiger partial charge in [-0.1, -0.05) is 49.8 Å². The van der Waals surface area contributed by atoms with Gasteiger partial charge in [0, 0.05) is 23.7 Å². The molecule has 3 aromatic rings. The molecule has 4 heteroatoms. The number of hydrogen-bond donors (Lipinski definition) is 1. The molecule has 4 nitrogen and oxygen atoms in total. The van der Waals surface area contributed by atoms with Crippen LogP contribution in [0.25, 0.3) is 22.0 Å². The highest BCUT2D eigenvalue weighted by Crippen LogP contribution is 2.42. The molecule has 0 spiro atoms. The molecule has 1 saturated heterocycles. The molecule has 0 radical (unpaired) electrons. The molecule has 1 fully saturated rings. The number of rotatable bonds is 11. The van der Waals surface area contributed by atoms with E-state index in [1.165, 1.54) is 90.5 Å². The van der Waals surface area contributed by atoms with Crippen LogP contribution >= 0.6 is 0 Å². The van der Waals surface area contributed by atoms with Crippen molar-refractivity contribution < 1.29 is 9.90 Å². The van der Waals surface area contributed by atoms with Gasteiger partial charge in [0.15, 0.2) is 0 Å². The molecule has 1 aliphatic heterocycles. The standard InChI is InChI=1S/C36H46N2O2/c1-4-5-23-38-25-30(15-12-22-37-20-9-10-21-37)33-17-11-16-32(35(33)38)27(3)34(28-13-7-6-8-14-28)31-19-18-29(36(39)40)24-26(31)2/h6-7,11,16-19,24-25,28H,4-5,8-10,12-15,20-23H2,1-3H3,(H,39,40)/b34-27+. The Morgan fingerprint density at radius 1 is 1.02 bits per heavy atom. The van der Waals surface area contributed by atoms with Gasteiger partial charge in [-0.3, -0.25) is 0 Å². The van der Waals surface area contributed by atoms with Gasteiger partial charge in [0.25, 0.3) is 0 Å². The largest absolute Gasteiger partial charge is 0.478 e. The van der Waals surface area contributed by atoms with Gasteiger partial charge in [0.2, 0.25) is 0 Å². The summed E-state index contributed by atoms with van der Waals surface area (Å²) in [5.41, 5.74) is 9.47. The first-order valence-corrected chi connectivity index (χ1v) is 15.5. The Bertz CT molecular complexity index is 1400. The number of hydrogen-bond acceptors (Lipinski definition) is 2. The normalized spacial score (nSPS) is 18.4. The van der Waals surface area contributed by atoms with Gasteiger partial charge >= 0.3 is 5.97 Å². The van der Waals surface area contributed by atoms with Crippen LogP contribution in [0.3, 0.4) is 0 Å². The van der Waals surface area contributed by atoms with E-state index in [0.29, 0.717) is 11.5 Å². The van der Waals surface area contributed by atoms with E-state index >= 15 is 0 Å². The quantitative estimate of drug-likeness (QED) is 0.196. The molecule has 1 atom stereocenters. The van der Waals surface area contributed by atoms with Crippen molar-refractivity contribution in [2.45, 2.75) is 85.1 Å². The van der Waals surface area contributed by atoms with Crippen molar-refractivity contribution in [1.82, 2.24) is 9.47 Å². The van der Waals surface area contributed by atoms with Crippen molar-refractivity contribution in [3.8, 4) is 0 Å². The van der Waals surface area contributed by atoms with Gasteiger partial charge in [-0.05, 0) is 131 Å². The summed E-state index contributed by atoms with van der Waals surface area (Å²) in [6.07, 6.45) is 17.7. The zero-order chi connectivity index (χ0) is 28.1. The van der Waals surface area contributed by atoms with Crippen molar-refractivity contribution in [2.24, 2.45) is 5.92 Å². The van der Waals surface area contributed by atoms with Crippen LogP contribution in [0, 0.1) is 12.8 Å². The lowest BCUT2D eigenvalue weighted by Crippen LogP contribution is -2.20. The lowest BCUT2D eigenvalue weighted by atomic mass is 9.78. The van der Waals surface area contributed by atoms with E-state index in [0.717, 1.165) is 37.8 Å². The van der Waals surface area contributed by atoms with Crippen molar-refractivity contribution in [1.29, 1.82) is 0 Å². The summed E-state index contributed by atoms with van der Waals surface area (Å²) in [4.78, 5) is 14.3. The molecule has 0 bridgehead atoms. The lowest BCUT2D eigenvalue weighted by molar-refractivity contribution is 0.0696. The molecule has 1 aliphatic carbocycles. The number of nitrogens with zero attached hydrogens (tertiary/aromatic N) is 2. The van der Waals surface area contributed by atoms with Crippen LogP contribution in [0.2, 0.25) is 0 Å². The molecule has 1 aromatic heterocycles. The van der Waals surface area contributed by atoms with Crippen LogP contribution < -0.4 is 0 Å². The minimum Gasteiger partial charge on any atom is -0.478 e. The van der Waals surface area contributed by atoms with E-state index in [1.54, 1.807) is 6.07 Å². The summed E-state index contributed by atoms with van der Waals surface area (Å²) in [5, 5.41) is 11.0. The Morgan fingerprint density at radius 2 is 1.85 bits per heavy atom. The molecule has 2 aliphatic rings. The first-order valence-electron chi connectivity index (χ1n) is 15.5. The zero-order valence-corrected chi connectivity index (χ0v) is 24.7. The first kappa shape index (κ1) is 28.4. The Labute approximate surface area is 240 Å². The maximum Gasteiger partial charge on any atom is 0.335 e. The number of likely N-dealkylation sites (tertiary alicyclic amines) is 1. The number of unbranched alkanes of at least 4 members (excludes halogenated alkanes) is 1. The van der Waals surface area contributed by atoms with Crippen LogP contribution in [-0.2, 0) is 13.0 Å². The Kier molecular flexibility index (Phi) is 9.26. The maximum absolute atomic E-state index is 11.7. The Balaban J connectivity index is 1.61. The average molecular weight is 539 g/mol. The number of aromatic nitrogens is 1. The molecule has 0 saturated carbocycles. The molecule has 2 heterocycles. The predicted molar refractivity (Wildman–Crippen MR) is 168 cm³/mol. The summed E-state index contributed by atoms with van der Waals surface area (Å²) >= 11 is 0. The molecular weight excluding hydrogens is 492 g/mol. The fourth-order valence-corrected chi connectivity index (χ4v) is 6.97. The smallest absolute Gasteiger partial charge is 0.335 e. The van der Waals surface area contributed by atoms with Crippen LogP contribution in [0.15, 0.2) is 54.7 Å². The molecular formula is C36H46N2O2. The number of carbonyl (C=O) groups is 1. The number of benzene rings is 2. The number of carboxylic acid groups (broad SMARTS) is 1. The second-order valence-electron chi connectivity index (χ2n) is 11.9. The summed E-state index contributed by atoms with van der Waals surface area (Å²) < 4.78 is 2.53. The maximum atomic E-state index is 11.7. The van der Waals surface area contributed by atoms with E-state index in [4.69, 9.17) is 0 Å². The second-order valence-corrected chi connectivity index (χ2v) is 11.9. The fourth-order valence-electron chi connectivity index (χ4n) is 6.97. The highest BCUT2D eigenvalue weighted by molar-refractivity contribution is 6.01. The molecule has 40 heavy (non-hydrogen) atoms. The third-order valence-electron chi connectivity index (χ3n) is 9.10. The summed E-state index contributed by atoms with van der Waals surface area (Å²) in [7, 11) is 0. The number of para-hydroxylation sites is 1.